The van der Waals surface area contributed by atoms with Gasteiger partial charge >= 0.3 is 0 Å². The average molecular weight is 306 g/mol. The number of carbonyl (C=O) groups is 1. The number of anilines is 1. The number of carbonyl (C=O) groups excluding carboxylic acids is 1. The van der Waals surface area contributed by atoms with Crippen LogP contribution in [0.3, 0.4) is 0 Å². The molecule has 0 atom stereocenters. The van der Waals surface area contributed by atoms with Gasteiger partial charge in [-0.25, -0.2) is 4.98 Å². The zero-order valence-electron chi connectivity index (χ0n) is 13.1. The minimum absolute atomic E-state index is 0.116. The lowest BCUT2D eigenvalue weighted by atomic mass is 10.1. The monoisotopic (exact) mass is 306 g/mol. The Morgan fingerprint density at radius 2 is 1.87 bits per heavy atom. The molecule has 0 saturated heterocycles. The van der Waals surface area contributed by atoms with E-state index in [4.69, 9.17) is 0 Å². The van der Waals surface area contributed by atoms with E-state index in [0.717, 1.165) is 22.4 Å². The number of H-pyrrole nitrogens is 1. The lowest BCUT2D eigenvalue weighted by Crippen LogP contribution is -2.16. The van der Waals surface area contributed by atoms with Gasteiger partial charge in [0.15, 0.2) is 5.82 Å². The second-order valence-corrected chi connectivity index (χ2v) is 5.44. The van der Waals surface area contributed by atoms with Gasteiger partial charge in [0.2, 0.25) is 5.91 Å². The fourth-order valence-electron chi connectivity index (χ4n) is 2.32. The van der Waals surface area contributed by atoms with Crippen LogP contribution in [0.25, 0.3) is 11.4 Å². The summed E-state index contributed by atoms with van der Waals surface area (Å²) < 4.78 is 0. The molecule has 0 aliphatic rings. The normalized spacial score (nSPS) is 10.5. The third-order valence-electron chi connectivity index (χ3n) is 3.77. The molecule has 0 bridgehead atoms. The molecule has 5 nitrogen and oxygen atoms in total. The molecule has 0 radical (unpaired) electrons. The van der Waals surface area contributed by atoms with Crippen LogP contribution in [0.5, 0.6) is 0 Å². The van der Waals surface area contributed by atoms with Gasteiger partial charge in [0.25, 0.3) is 0 Å². The first-order valence-electron chi connectivity index (χ1n) is 7.46. The first-order valence-corrected chi connectivity index (χ1v) is 7.46. The van der Waals surface area contributed by atoms with E-state index in [1.165, 1.54) is 0 Å². The fraction of sp³-hybridized carbons (Fsp3) is 0.167. The lowest BCUT2D eigenvalue weighted by Gasteiger charge is -2.09. The van der Waals surface area contributed by atoms with E-state index in [0.29, 0.717) is 11.6 Å². The Balaban J connectivity index is 1.69. The van der Waals surface area contributed by atoms with Crippen molar-refractivity contribution in [3.05, 3.63) is 65.5 Å². The van der Waals surface area contributed by atoms with Gasteiger partial charge in [-0.05, 0) is 31.0 Å². The molecule has 0 aliphatic heterocycles. The van der Waals surface area contributed by atoms with Crippen LogP contribution in [0.2, 0.25) is 0 Å². The maximum absolute atomic E-state index is 12.2. The number of nitrogens with zero attached hydrogens (tertiary/aromatic N) is 2. The van der Waals surface area contributed by atoms with Gasteiger partial charge in [-0.2, -0.15) is 5.10 Å². The molecule has 1 amide bonds. The van der Waals surface area contributed by atoms with Crippen molar-refractivity contribution in [3.8, 4) is 11.4 Å². The van der Waals surface area contributed by atoms with E-state index >= 15 is 0 Å². The Labute approximate surface area is 134 Å². The summed E-state index contributed by atoms with van der Waals surface area (Å²) in [7, 11) is 0. The molecule has 5 heteroatoms. The molecule has 2 aromatic carbocycles. The Morgan fingerprint density at radius 3 is 2.65 bits per heavy atom. The molecule has 1 aromatic heterocycles. The van der Waals surface area contributed by atoms with Crippen LogP contribution in [-0.2, 0) is 11.2 Å². The van der Waals surface area contributed by atoms with E-state index < -0.39 is 0 Å². The fourth-order valence-corrected chi connectivity index (χ4v) is 2.32. The summed E-state index contributed by atoms with van der Waals surface area (Å²) in [6.07, 6.45) is 0.160. The maximum Gasteiger partial charge on any atom is 0.232 e. The number of nitrogens with one attached hydrogen (secondary N) is 2. The molecule has 0 spiro atoms. The zero-order chi connectivity index (χ0) is 16.2. The minimum atomic E-state index is -0.116. The summed E-state index contributed by atoms with van der Waals surface area (Å²) in [5, 5.41) is 9.91. The predicted octanol–water partition coefficient (Wildman–Crippen LogP) is 3.27. The van der Waals surface area contributed by atoms with Crippen molar-refractivity contribution in [2.45, 2.75) is 20.3 Å². The van der Waals surface area contributed by atoms with Crippen molar-refractivity contribution in [3.63, 3.8) is 0 Å². The smallest absolute Gasteiger partial charge is 0.232 e. The van der Waals surface area contributed by atoms with E-state index in [-0.39, 0.29) is 12.3 Å². The Bertz CT molecular complexity index is 824. The second-order valence-electron chi connectivity index (χ2n) is 5.44. The molecule has 0 aliphatic carbocycles. The summed E-state index contributed by atoms with van der Waals surface area (Å²) in [6, 6.07) is 15.5. The van der Waals surface area contributed by atoms with Crippen LogP contribution in [0.15, 0.2) is 48.5 Å². The highest BCUT2D eigenvalue weighted by molar-refractivity contribution is 5.92. The lowest BCUT2D eigenvalue weighted by molar-refractivity contribution is -0.115. The van der Waals surface area contributed by atoms with Crippen molar-refractivity contribution in [1.29, 1.82) is 0 Å². The van der Waals surface area contributed by atoms with Crippen LogP contribution in [0.1, 0.15) is 17.0 Å². The van der Waals surface area contributed by atoms with Crippen LogP contribution >= 0.6 is 0 Å². The average Bonchev–Trinajstić information content (AvgIpc) is 3.01. The SMILES string of the molecule is Cc1cccc(NC(=O)Cc2nc(-c3ccccc3)n[nH]2)c1C. The first kappa shape index (κ1) is 15.0. The van der Waals surface area contributed by atoms with Gasteiger partial charge in [-0.1, -0.05) is 42.5 Å². The number of rotatable bonds is 4. The van der Waals surface area contributed by atoms with Gasteiger partial charge in [0.05, 0.1) is 6.42 Å². The second kappa shape index (κ2) is 6.44. The van der Waals surface area contributed by atoms with E-state index in [2.05, 4.69) is 20.5 Å². The molecule has 0 saturated carbocycles. The highest BCUT2D eigenvalue weighted by Crippen LogP contribution is 2.18. The van der Waals surface area contributed by atoms with Crippen LogP contribution in [-0.4, -0.2) is 21.1 Å². The van der Waals surface area contributed by atoms with Crippen molar-refractivity contribution >= 4 is 11.6 Å². The van der Waals surface area contributed by atoms with Gasteiger partial charge in [-0.3, -0.25) is 9.89 Å². The molecule has 23 heavy (non-hydrogen) atoms. The van der Waals surface area contributed by atoms with Gasteiger partial charge < -0.3 is 5.32 Å². The molecule has 116 valence electrons. The van der Waals surface area contributed by atoms with E-state index in [9.17, 15) is 4.79 Å². The van der Waals surface area contributed by atoms with Crippen LogP contribution in [0.4, 0.5) is 5.69 Å². The number of amides is 1. The molecule has 1 heterocycles. The number of aromatic nitrogens is 3. The number of benzene rings is 2. The third-order valence-corrected chi connectivity index (χ3v) is 3.77. The summed E-state index contributed by atoms with van der Waals surface area (Å²) in [4.78, 5) is 16.6. The quantitative estimate of drug-likeness (QED) is 0.777. The van der Waals surface area contributed by atoms with Crippen molar-refractivity contribution in [2.24, 2.45) is 0 Å². The van der Waals surface area contributed by atoms with Gasteiger partial charge in [-0.15, -0.1) is 0 Å². The Hall–Kier alpha value is -2.95. The third kappa shape index (κ3) is 3.45. The summed E-state index contributed by atoms with van der Waals surface area (Å²) in [6.45, 7) is 4.01. The molecular formula is C18H18N4O. The highest BCUT2D eigenvalue weighted by atomic mass is 16.1. The van der Waals surface area contributed by atoms with Crippen molar-refractivity contribution in [1.82, 2.24) is 15.2 Å². The zero-order valence-corrected chi connectivity index (χ0v) is 13.1. The van der Waals surface area contributed by atoms with Gasteiger partial charge in [0.1, 0.15) is 5.82 Å². The van der Waals surface area contributed by atoms with E-state index in [1.54, 1.807) is 0 Å². The maximum atomic E-state index is 12.2. The number of aromatic amines is 1. The number of hydrogen-bond donors (Lipinski definition) is 2. The Morgan fingerprint density at radius 1 is 1.09 bits per heavy atom. The molecule has 3 aromatic rings. The minimum Gasteiger partial charge on any atom is -0.325 e. The Kier molecular flexibility index (Phi) is 4.19. The molecular weight excluding hydrogens is 288 g/mol. The molecule has 0 fully saturated rings. The summed E-state index contributed by atoms with van der Waals surface area (Å²) in [5.41, 5.74) is 3.97. The topological polar surface area (TPSA) is 70.7 Å². The van der Waals surface area contributed by atoms with E-state index in [1.807, 2.05) is 62.4 Å². The predicted molar refractivity (Wildman–Crippen MR) is 90.1 cm³/mol. The summed E-state index contributed by atoms with van der Waals surface area (Å²) in [5.74, 6) is 1.03. The largest absolute Gasteiger partial charge is 0.325 e. The molecule has 3 rings (SSSR count). The standard InChI is InChI=1S/C18H18N4O/c1-12-7-6-10-15(13(12)2)19-17(23)11-16-20-18(22-21-16)14-8-4-3-5-9-14/h3-10H,11H2,1-2H3,(H,19,23)(H,20,21,22). The van der Waals surface area contributed by atoms with Gasteiger partial charge in [0, 0.05) is 11.3 Å². The van der Waals surface area contributed by atoms with Crippen molar-refractivity contribution < 1.29 is 4.79 Å². The number of hydrogen-bond acceptors (Lipinski definition) is 3. The highest BCUT2D eigenvalue weighted by Gasteiger charge is 2.11. The van der Waals surface area contributed by atoms with Crippen molar-refractivity contribution in [2.75, 3.05) is 5.32 Å². The molecule has 0 unspecified atom stereocenters. The van der Waals surface area contributed by atoms with Crippen LogP contribution < -0.4 is 5.32 Å². The first-order chi connectivity index (χ1) is 11.1. The van der Waals surface area contributed by atoms with Crippen LogP contribution in [0, 0.1) is 13.8 Å². The molecule has 2 N–H and O–H groups in total. The summed E-state index contributed by atoms with van der Waals surface area (Å²) >= 11 is 0. The number of aryl methyl sites for hydroxylation is 1.